The van der Waals surface area contributed by atoms with Crippen molar-refractivity contribution in [2.45, 2.75) is 18.8 Å². The monoisotopic (exact) mass is 212 g/mol. The summed E-state index contributed by atoms with van der Waals surface area (Å²) in [5, 5.41) is 16.0. The lowest BCUT2D eigenvalue weighted by Crippen LogP contribution is -2.28. The second kappa shape index (κ2) is 4.06. The third-order valence-corrected chi connectivity index (χ3v) is 3.45. The number of hydrogen-bond donors (Lipinski definition) is 1. The highest BCUT2D eigenvalue weighted by Gasteiger charge is 2.19. The molecule has 5 heteroatoms. The zero-order valence-electron chi connectivity index (χ0n) is 7.73. The van der Waals surface area contributed by atoms with E-state index in [-0.39, 0.29) is 9.92 Å². The van der Waals surface area contributed by atoms with E-state index in [1.807, 2.05) is 5.38 Å². The maximum Gasteiger partial charge on any atom is 0.324 e. The van der Waals surface area contributed by atoms with E-state index in [9.17, 15) is 10.1 Å². The van der Waals surface area contributed by atoms with Gasteiger partial charge in [0.15, 0.2) is 0 Å². The van der Waals surface area contributed by atoms with E-state index < -0.39 is 0 Å². The molecular formula is C9H12N2O2S. The maximum absolute atomic E-state index is 10.5. The number of piperidine rings is 1. The summed E-state index contributed by atoms with van der Waals surface area (Å²) < 4.78 is 0. The van der Waals surface area contributed by atoms with Crippen LogP contribution in [-0.2, 0) is 0 Å². The van der Waals surface area contributed by atoms with E-state index in [2.05, 4.69) is 5.32 Å². The molecule has 1 aliphatic heterocycles. The normalized spacial score (nSPS) is 22.1. The Morgan fingerprint density at radius 2 is 2.50 bits per heavy atom. The van der Waals surface area contributed by atoms with Gasteiger partial charge in [0, 0.05) is 18.0 Å². The molecule has 0 aromatic carbocycles. The van der Waals surface area contributed by atoms with Crippen LogP contribution in [0.25, 0.3) is 0 Å². The van der Waals surface area contributed by atoms with Gasteiger partial charge in [0.1, 0.15) is 0 Å². The summed E-state index contributed by atoms with van der Waals surface area (Å²) in [4.78, 5) is 10.2. The summed E-state index contributed by atoms with van der Waals surface area (Å²) >= 11 is 1.22. The van der Waals surface area contributed by atoms with Crippen molar-refractivity contribution in [1.29, 1.82) is 0 Å². The lowest BCUT2D eigenvalue weighted by Gasteiger charge is -2.21. The Kier molecular flexibility index (Phi) is 2.79. The molecule has 0 aliphatic carbocycles. The number of rotatable bonds is 2. The average molecular weight is 212 g/mol. The molecule has 4 nitrogen and oxygen atoms in total. The van der Waals surface area contributed by atoms with Gasteiger partial charge < -0.3 is 5.32 Å². The van der Waals surface area contributed by atoms with Gasteiger partial charge in [0.2, 0.25) is 0 Å². The molecule has 1 N–H and O–H groups in total. The molecule has 0 amide bonds. The SMILES string of the molecule is O=[N+]([O-])c1cc([C@@H]2CCCNC2)cs1. The van der Waals surface area contributed by atoms with Crippen molar-refractivity contribution in [2.24, 2.45) is 0 Å². The van der Waals surface area contributed by atoms with Crippen LogP contribution in [0.15, 0.2) is 11.4 Å². The van der Waals surface area contributed by atoms with E-state index in [0.29, 0.717) is 5.92 Å². The van der Waals surface area contributed by atoms with Gasteiger partial charge in [-0.3, -0.25) is 10.1 Å². The third-order valence-electron chi connectivity index (χ3n) is 2.55. The summed E-state index contributed by atoms with van der Waals surface area (Å²) in [5.74, 6) is 0.466. The van der Waals surface area contributed by atoms with E-state index in [0.717, 1.165) is 31.5 Å². The van der Waals surface area contributed by atoms with Crippen LogP contribution in [0.1, 0.15) is 24.3 Å². The van der Waals surface area contributed by atoms with Crippen LogP contribution in [0.3, 0.4) is 0 Å². The maximum atomic E-state index is 10.5. The first-order valence-electron chi connectivity index (χ1n) is 4.71. The van der Waals surface area contributed by atoms with Crippen molar-refractivity contribution in [3.8, 4) is 0 Å². The lowest BCUT2D eigenvalue weighted by atomic mass is 9.94. The number of nitrogens with zero attached hydrogens (tertiary/aromatic N) is 1. The van der Waals surface area contributed by atoms with Gasteiger partial charge in [0.05, 0.1) is 4.92 Å². The summed E-state index contributed by atoms with van der Waals surface area (Å²) in [7, 11) is 0. The molecule has 0 spiro atoms. The predicted octanol–water partition coefficient (Wildman–Crippen LogP) is 2.12. The highest BCUT2D eigenvalue weighted by Crippen LogP contribution is 2.31. The summed E-state index contributed by atoms with van der Waals surface area (Å²) in [6, 6.07) is 1.71. The van der Waals surface area contributed by atoms with Gasteiger partial charge in [-0.05, 0) is 30.9 Å². The van der Waals surface area contributed by atoms with Crippen molar-refractivity contribution >= 4 is 16.3 Å². The van der Waals surface area contributed by atoms with Crippen LogP contribution in [-0.4, -0.2) is 18.0 Å². The zero-order chi connectivity index (χ0) is 9.97. The standard InChI is InChI=1S/C9H12N2O2S/c12-11(13)9-4-8(6-14-9)7-2-1-3-10-5-7/h4,6-7,10H,1-3,5H2/t7-/m1/s1. The molecule has 1 aromatic heterocycles. The fourth-order valence-corrected chi connectivity index (χ4v) is 2.59. The smallest absolute Gasteiger partial charge is 0.316 e. The molecule has 0 bridgehead atoms. The Hall–Kier alpha value is -0.940. The van der Waals surface area contributed by atoms with Gasteiger partial charge in [-0.1, -0.05) is 11.3 Å². The summed E-state index contributed by atoms with van der Waals surface area (Å²) in [6.45, 7) is 2.02. The second-order valence-corrected chi connectivity index (χ2v) is 4.41. The minimum absolute atomic E-state index is 0.255. The average Bonchev–Trinajstić information content (AvgIpc) is 2.68. The first-order chi connectivity index (χ1) is 6.77. The molecule has 14 heavy (non-hydrogen) atoms. The molecule has 2 rings (SSSR count). The summed E-state index contributed by atoms with van der Waals surface area (Å²) in [6.07, 6.45) is 2.30. The van der Waals surface area contributed by atoms with Gasteiger partial charge in [-0.15, -0.1) is 0 Å². The highest BCUT2D eigenvalue weighted by atomic mass is 32.1. The molecule has 1 fully saturated rings. The molecular weight excluding hydrogens is 200 g/mol. The zero-order valence-corrected chi connectivity index (χ0v) is 8.55. The molecule has 0 unspecified atom stereocenters. The number of thiophene rings is 1. The third kappa shape index (κ3) is 1.93. The quantitative estimate of drug-likeness (QED) is 0.603. The number of nitro groups is 1. The van der Waals surface area contributed by atoms with E-state index in [4.69, 9.17) is 0 Å². The van der Waals surface area contributed by atoms with Gasteiger partial charge >= 0.3 is 5.00 Å². The first kappa shape index (κ1) is 9.61. The molecule has 1 atom stereocenters. The Balaban J connectivity index is 2.11. The Labute approximate surface area is 86.1 Å². The van der Waals surface area contributed by atoms with Crippen LogP contribution in [0, 0.1) is 10.1 Å². The molecule has 76 valence electrons. The van der Waals surface area contributed by atoms with Crippen LogP contribution in [0.4, 0.5) is 5.00 Å². The van der Waals surface area contributed by atoms with E-state index >= 15 is 0 Å². The Morgan fingerprint density at radius 1 is 1.64 bits per heavy atom. The van der Waals surface area contributed by atoms with Crippen LogP contribution in [0.2, 0.25) is 0 Å². The molecule has 2 heterocycles. The second-order valence-electron chi connectivity index (χ2n) is 3.52. The topological polar surface area (TPSA) is 55.2 Å². The highest BCUT2D eigenvalue weighted by molar-refractivity contribution is 7.13. The van der Waals surface area contributed by atoms with Crippen LogP contribution < -0.4 is 5.32 Å². The molecule has 1 saturated heterocycles. The van der Waals surface area contributed by atoms with Gasteiger partial charge in [-0.2, -0.15) is 0 Å². The minimum Gasteiger partial charge on any atom is -0.316 e. The van der Waals surface area contributed by atoms with Crippen molar-refractivity contribution < 1.29 is 4.92 Å². The fourth-order valence-electron chi connectivity index (χ4n) is 1.79. The lowest BCUT2D eigenvalue weighted by molar-refractivity contribution is -0.380. The number of hydrogen-bond acceptors (Lipinski definition) is 4. The first-order valence-corrected chi connectivity index (χ1v) is 5.59. The largest absolute Gasteiger partial charge is 0.324 e. The van der Waals surface area contributed by atoms with Crippen molar-refractivity contribution in [2.75, 3.05) is 13.1 Å². The van der Waals surface area contributed by atoms with Crippen LogP contribution >= 0.6 is 11.3 Å². The van der Waals surface area contributed by atoms with Crippen molar-refractivity contribution in [1.82, 2.24) is 5.32 Å². The summed E-state index contributed by atoms with van der Waals surface area (Å²) in [5.41, 5.74) is 1.12. The predicted molar refractivity (Wildman–Crippen MR) is 55.8 cm³/mol. The molecule has 0 radical (unpaired) electrons. The van der Waals surface area contributed by atoms with Gasteiger partial charge in [-0.25, -0.2) is 0 Å². The number of nitrogens with one attached hydrogen (secondary N) is 1. The van der Waals surface area contributed by atoms with E-state index in [1.165, 1.54) is 11.3 Å². The van der Waals surface area contributed by atoms with E-state index in [1.54, 1.807) is 6.07 Å². The minimum atomic E-state index is -0.315. The fraction of sp³-hybridized carbons (Fsp3) is 0.556. The van der Waals surface area contributed by atoms with Crippen molar-refractivity contribution in [3.63, 3.8) is 0 Å². The Bertz CT molecular complexity index is 331. The molecule has 0 saturated carbocycles. The van der Waals surface area contributed by atoms with Crippen molar-refractivity contribution in [3.05, 3.63) is 27.1 Å². The molecule has 1 aliphatic rings. The van der Waals surface area contributed by atoms with Gasteiger partial charge in [0.25, 0.3) is 0 Å². The molecule has 1 aromatic rings. The Morgan fingerprint density at radius 3 is 3.07 bits per heavy atom. The van der Waals surface area contributed by atoms with Crippen LogP contribution in [0.5, 0.6) is 0 Å².